The number of benzene rings is 11. The third-order valence-electron chi connectivity index (χ3n) is 15.4. The summed E-state index contributed by atoms with van der Waals surface area (Å²) >= 11 is 0. The van der Waals surface area contributed by atoms with Crippen LogP contribution in [-0.4, -0.2) is 4.57 Å². The molecule has 334 valence electrons. The average molecular weight is 906 g/mol. The molecule has 2 nitrogen and oxygen atoms in total. The molecule has 0 aliphatic heterocycles. The zero-order valence-corrected chi connectivity index (χ0v) is 39.3. The Morgan fingerprint density at radius 1 is 0.352 bits per heavy atom. The van der Waals surface area contributed by atoms with Gasteiger partial charge in [0.05, 0.1) is 11.1 Å². The van der Waals surface area contributed by atoms with Gasteiger partial charge in [-0.15, -0.1) is 0 Å². The van der Waals surface area contributed by atoms with Crippen molar-refractivity contribution in [1.29, 1.82) is 0 Å². The molecule has 14 rings (SSSR count). The fraction of sp³-hybridized carbons (Fsp3) is 0.0435. The molecule has 0 spiro atoms. The maximum Gasteiger partial charge on any atom is 0.135 e. The number of rotatable bonds is 8. The third-order valence-corrected chi connectivity index (χ3v) is 15.4. The van der Waals surface area contributed by atoms with Crippen molar-refractivity contribution in [3.63, 3.8) is 0 Å². The first-order valence-electron chi connectivity index (χ1n) is 24.7. The van der Waals surface area contributed by atoms with E-state index in [1.165, 1.54) is 105 Å². The molecule has 1 aliphatic rings. The monoisotopic (exact) mass is 905 g/mol. The summed E-state index contributed by atoms with van der Waals surface area (Å²) in [5, 5.41) is 5.99. The van der Waals surface area contributed by atoms with Gasteiger partial charge >= 0.3 is 0 Å². The molecule has 1 atom stereocenters. The highest BCUT2D eigenvalue weighted by Crippen LogP contribution is 2.60. The number of hydrogen-bond acceptors (Lipinski definition) is 1. The second kappa shape index (κ2) is 16.3. The van der Waals surface area contributed by atoms with Crippen LogP contribution in [0.2, 0.25) is 0 Å². The van der Waals surface area contributed by atoms with Gasteiger partial charge < -0.3 is 8.98 Å². The van der Waals surface area contributed by atoms with E-state index in [1.807, 2.05) is 6.07 Å². The molecule has 1 aliphatic carbocycles. The molecule has 11 aromatic carbocycles. The van der Waals surface area contributed by atoms with Gasteiger partial charge in [-0.1, -0.05) is 231 Å². The SMILES string of the molecule is Cn1c(-c2ccccc2)c(-c2ccccc2)c2cc(-c3cc4c(c5ccccc35)-c3ccc(C(c5ccccc5)c5ccc6c(c5)oc5ccccc56)cc3C4(c3ccccc3)c3ccccc3)ccc21. The smallest absolute Gasteiger partial charge is 0.135 e. The zero-order valence-electron chi connectivity index (χ0n) is 39.3. The van der Waals surface area contributed by atoms with Crippen LogP contribution in [0.5, 0.6) is 0 Å². The van der Waals surface area contributed by atoms with Gasteiger partial charge in [-0.05, 0) is 113 Å². The van der Waals surface area contributed by atoms with E-state index in [2.05, 4.69) is 266 Å². The normalized spacial score (nSPS) is 13.2. The lowest BCUT2D eigenvalue weighted by atomic mass is 9.66. The summed E-state index contributed by atoms with van der Waals surface area (Å²) in [6, 6.07) is 96.5. The van der Waals surface area contributed by atoms with Gasteiger partial charge in [0.25, 0.3) is 0 Å². The van der Waals surface area contributed by atoms with Crippen molar-refractivity contribution in [3.05, 3.63) is 300 Å². The van der Waals surface area contributed by atoms with Crippen LogP contribution in [-0.2, 0) is 12.5 Å². The molecule has 0 N–H and O–H groups in total. The van der Waals surface area contributed by atoms with E-state index in [4.69, 9.17) is 4.42 Å². The van der Waals surface area contributed by atoms with Crippen molar-refractivity contribution >= 4 is 43.6 Å². The van der Waals surface area contributed by atoms with E-state index < -0.39 is 5.41 Å². The quantitative estimate of drug-likeness (QED) is 0.139. The highest BCUT2D eigenvalue weighted by molar-refractivity contribution is 6.12. The number of aromatic nitrogens is 1. The fourth-order valence-electron chi connectivity index (χ4n) is 12.4. The van der Waals surface area contributed by atoms with Crippen LogP contribution in [0.1, 0.15) is 44.9 Å². The van der Waals surface area contributed by atoms with Gasteiger partial charge in [0.1, 0.15) is 11.2 Å². The molecule has 0 bridgehead atoms. The first kappa shape index (κ1) is 41.0. The van der Waals surface area contributed by atoms with E-state index in [-0.39, 0.29) is 5.92 Å². The van der Waals surface area contributed by atoms with Gasteiger partial charge in [-0.2, -0.15) is 0 Å². The number of para-hydroxylation sites is 1. The Morgan fingerprint density at radius 2 is 0.915 bits per heavy atom. The summed E-state index contributed by atoms with van der Waals surface area (Å²) in [5.41, 5.74) is 20.9. The molecule has 13 aromatic rings. The van der Waals surface area contributed by atoms with Crippen molar-refractivity contribution in [1.82, 2.24) is 4.57 Å². The van der Waals surface area contributed by atoms with E-state index in [0.717, 1.165) is 21.9 Å². The summed E-state index contributed by atoms with van der Waals surface area (Å²) in [6.07, 6.45) is 0. The van der Waals surface area contributed by atoms with Gasteiger partial charge in [0.2, 0.25) is 0 Å². The van der Waals surface area contributed by atoms with Gasteiger partial charge in [-0.25, -0.2) is 0 Å². The van der Waals surface area contributed by atoms with Gasteiger partial charge in [-0.3, -0.25) is 0 Å². The van der Waals surface area contributed by atoms with Crippen LogP contribution < -0.4 is 0 Å². The molecule has 2 aromatic heterocycles. The molecular weight excluding hydrogens is 859 g/mol. The molecule has 0 radical (unpaired) electrons. The topological polar surface area (TPSA) is 18.1 Å². The van der Waals surface area contributed by atoms with Crippen LogP contribution in [0.25, 0.3) is 88.3 Å². The Balaban J connectivity index is 1.04. The predicted octanol–water partition coefficient (Wildman–Crippen LogP) is 17.8. The Kier molecular flexibility index (Phi) is 9.44. The second-order valence-electron chi connectivity index (χ2n) is 19.1. The maximum atomic E-state index is 6.55. The standard InChI is InChI=1S/C69H47NO/c1-70-62-40-37-48(41-59(62)66(46-23-9-3-10-24-46)68(70)47-25-11-4-12-26-47)58-44-61-67(56-33-18-17-31-53(56)58)57-39-36-49(42-60(57)69(61,51-27-13-5-14-28-51)52-29-15-6-16-30-52)65(45-21-7-2-8-22-45)50-35-38-55-54-32-19-20-34-63(54)71-64(55)43-50/h2-44,65H,1H3. The molecular formula is C69H47NO. The van der Waals surface area contributed by atoms with E-state index in [1.54, 1.807) is 0 Å². The number of nitrogens with zero attached hydrogens (tertiary/aromatic N) is 1. The van der Waals surface area contributed by atoms with Crippen molar-refractivity contribution in [2.45, 2.75) is 11.3 Å². The fourth-order valence-corrected chi connectivity index (χ4v) is 12.4. The van der Waals surface area contributed by atoms with E-state index in [0.29, 0.717) is 0 Å². The third kappa shape index (κ3) is 6.28. The van der Waals surface area contributed by atoms with Crippen molar-refractivity contribution < 1.29 is 4.42 Å². The summed E-state index contributed by atoms with van der Waals surface area (Å²) in [7, 11) is 2.21. The minimum atomic E-state index is -0.654. The van der Waals surface area contributed by atoms with Crippen LogP contribution in [0.3, 0.4) is 0 Å². The summed E-state index contributed by atoms with van der Waals surface area (Å²) in [6.45, 7) is 0. The molecule has 2 heteroatoms. The lowest BCUT2D eigenvalue weighted by molar-refractivity contribution is 0.668. The average Bonchev–Trinajstić information content (AvgIpc) is 4.07. The summed E-state index contributed by atoms with van der Waals surface area (Å²) in [5.74, 6) is -0.0587. The molecule has 0 fully saturated rings. The first-order valence-corrected chi connectivity index (χ1v) is 24.7. The summed E-state index contributed by atoms with van der Waals surface area (Å²) < 4.78 is 8.92. The van der Waals surface area contributed by atoms with E-state index in [9.17, 15) is 0 Å². The molecule has 0 saturated carbocycles. The minimum absolute atomic E-state index is 0.0587. The van der Waals surface area contributed by atoms with Gasteiger partial charge in [0.15, 0.2) is 0 Å². The highest BCUT2D eigenvalue weighted by atomic mass is 16.3. The molecule has 71 heavy (non-hydrogen) atoms. The Morgan fingerprint density at radius 3 is 1.62 bits per heavy atom. The van der Waals surface area contributed by atoms with Crippen molar-refractivity contribution in [2.75, 3.05) is 0 Å². The van der Waals surface area contributed by atoms with E-state index >= 15 is 0 Å². The number of aryl methyl sites for hydroxylation is 1. The molecule has 1 unspecified atom stereocenters. The second-order valence-corrected chi connectivity index (χ2v) is 19.1. The Labute approximate surface area is 413 Å². The molecule has 2 heterocycles. The lowest BCUT2D eigenvalue weighted by Crippen LogP contribution is -2.29. The number of hydrogen-bond donors (Lipinski definition) is 0. The van der Waals surface area contributed by atoms with Crippen LogP contribution in [0.4, 0.5) is 0 Å². The highest BCUT2D eigenvalue weighted by Gasteiger charge is 2.47. The molecule has 0 saturated heterocycles. The predicted molar refractivity (Wildman–Crippen MR) is 295 cm³/mol. The Hall–Kier alpha value is -8.98. The molecule has 0 amide bonds. The summed E-state index contributed by atoms with van der Waals surface area (Å²) in [4.78, 5) is 0. The Bertz CT molecular complexity index is 4110. The van der Waals surface area contributed by atoms with Crippen LogP contribution in [0, 0.1) is 0 Å². The number of furan rings is 1. The lowest BCUT2D eigenvalue weighted by Gasteiger charge is -2.35. The van der Waals surface area contributed by atoms with Crippen LogP contribution >= 0.6 is 0 Å². The van der Waals surface area contributed by atoms with Crippen molar-refractivity contribution in [2.24, 2.45) is 7.05 Å². The largest absolute Gasteiger partial charge is 0.456 e. The van der Waals surface area contributed by atoms with Gasteiger partial charge in [0, 0.05) is 40.2 Å². The minimum Gasteiger partial charge on any atom is -0.456 e. The van der Waals surface area contributed by atoms with Crippen LogP contribution in [0.15, 0.2) is 265 Å². The first-order chi connectivity index (χ1) is 35.1. The van der Waals surface area contributed by atoms with Crippen molar-refractivity contribution in [3.8, 4) is 44.6 Å². The maximum absolute atomic E-state index is 6.55. The number of fused-ring (bicyclic) bond motifs is 9. The zero-order chi connectivity index (χ0) is 47.0.